The highest BCUT2D eigenvalue weighted by Gasteiger charge is 2.72. The van der Waals surface area contributed by atoms with E-state index in [-0.39, 0.29) is 41.3 Å². The first-order valence-corrected chi connectivity index (χ1v) is 12.8. The van der Waals surface area contributed by atoms with Crippen LogP contribution in [0.4, 0.5) is 4.79 Å². The molecule has 2 heterocycles. The summed E-state index contributed by atoms with van der Waals surface area (Å²) in [5.74, 6) is 0.0387. The minimum absolute atomic E-state index is 0.000160. The van der Waals surface area contributed by atoms with E-state index >= 15 is 0 Å². The van der Waals surface area contributed by atoms with E-state index in [2.05, 4.69) is 26.8 Å². The zero-order chi connectivity index (χ0) is 23.7. The Labute approximate surface area is 205 Å². The normalized spacial score (nSPS) is 35.2. The molecular weight excluding hydrogens is 527 g/mol. The number of likely N-dealkylation sites (N-methyl/N-ethyl adjacent to an activating group) is 2. The second kappa shape index (κ2) is 10.1. The van der Waals surface area contributed by atoms with Crippen LogP contribution >= 0.6 is 22.6 Å². The molecule has 0 aromatic heterocycles. The SMILES string of the molecule is COC1C(OC(=O)N(C)CCN(C)C(=O)CI)CC[C@]2(CO2)C1C1(C)O[C@@H]1CC=C(C)C. The molecule has 3 fully saturated rings. The molecule has 3 rings (SSSR count). The lowest BCUT2D eigenvalue weighted by Crippen LogP contribution is -2.56. The monoisotopic (exact) mass is 564 g/mol. The van der Waals surface area contributed by atoms with E-state index in [1.165, 1.54) is 10.5 Å². The molecule has 9 heteroatoms. The summed E-state index contributed by atoms with van der Waals surface area (Å²) >= 11 is 2.04. The maximum absolute atomic E-state index is 12.8. The van der Waals surface area contributed by atoms with Gasteiger partial charge in [0.25, 0.3) is 0 Å². The van der Waals surface area contributed by atoms with Gasteiger partial charge in [-0.3, -0.25) is 4.79 Å². The standard InChI is InChI=1S/C23H37IN2O6/c1-15(2)7-8-17-22(3,32-17)20-19(29-6)16(9-10-23(20)14-30-23)31-21(28)26(5)12-11-25(4)18(27)13-24/h7,16-17,19-20H,8-14H2,1-6H3/t16?,17-,19?,20?,22?,23+/m1/s1. The van der Waals surface area contributed by atoms with Gasteiger partial charge in [0.15, 0.2) is 0 Å². The predicted molar refractivity (Wildman–Crippen MR) is 129 cm³/mol. The maximum Gasteiger partial charge on any atom is 0.409 e. The van der Waals surface area contributed by atoms with Crippen LogP contribution in [0.1, 0.15) is 40.0 Å². The number of allylic oxidation sites excluding steroid dienone is 1. The van der Waals surface area contributed by atoms with Crippen LogP contribution in [0, 0.1) is 5.92 Å². The van der Waals surface area contributed by atoms with Crippen molar-refractivity contribution in [2.24, 2.45) is 5.92 Å². The molecular formula is C23H37IN2O6. The third-order valence-corrected chi connectivity index (χ3v) is 7.76. The molecule has 8 nitrogen and oxygen atoms in total. The molecule has 2 amide bonds. The van der Waals surface area contributed by atoms with Gasteiger partial charge < -0.3 is 28.7 Å². The smallest absolute Gasteiger partial charge is 0.409 e. The van der Waals surface area contributed by atoms with Crippen LogP contribution in [0.5, 0.6) is 0 Å². The van der Waals surface area contributed by atoms with Gasteiger partial charge in [-0.05, 0) is 40.0 Å². The van der Waals surface area contributed by atoms with Gasteiger partial charge in [0.2, 0.25) is 5.91 Å². The maximum atomic E-state index is 12.8. The van der Waals surface area contributed by atoms with Crippen LogP contribution in [0.2, 0.25) is 0 Å². The van der Waals surface area contributed by atoms with Crippen LogP contribution in [-0.4, -0.2) is 96.6 Å². The van der Waals surface area contributed by atoms with Gasteiger partial charge in [-0.1, -0.05) is 34.2 Å². The Bertz CT molecular complexity index is 738. The number of carbonyl (C=O) groups is 2. The second-order valence-corrected chi connectivity index (χ2v) is 10.4. The summed E-state index contributed by atoms with van der Waals surface area (Å²) in [7, 11) is 5.11. The number of halogens is 1. The van der Waals surface area contributed by atoms with E-state index in [1.807, 2.05) is 22.6 Å². The molecule has 6 atom stereocenters. The lowest BCUT2D eigenvalue weighted by molar-refractivity contribution is -0.127. The molecule has 1 aliphatic carbocycles. The predicted octanol–water partition coefficient (Wildman–Crippen LogP) is 3.02. The Kier molecular flexibility index (Phi) is 8.15. The zero-order valence-electron chi connectivity index (χ0n) is 20.1. The number of carbonyl (C=O) groups excluding carboxylic acids is 2. The van der Waals surface area contributed by atoms with E-state index in [1.54, 1.807) is 26.1 Å². The van der Waals surface area contributed by atoms with E-state index in [9.17, 15) is 9.59 Å². The van der Waals surface area contributed by atoms with Crippen molar-refractivity contribution in [3.05, 3.63) is 11.6 Å². The quantitative estimate of drug-likeness (QED) is 0.185. The topological polar surface area (TPSA) is 84.1 Å². The van der Waals surface area contributed by atoms with Crippen molar-refractivity contribution in [1.82, 2.24) is 9.80 Å². The molecule has 4 unspecified atom stereocenters. The number of ether oxygens (including phenoxy) is 4. The second-order valence-electron chi connectivity index (χ2n) is 9.67. The first kappa shape index (κ1) is 25.7. The fraction of sp³-hybridized carbons (Fsp3) is 0.826. The van der Waals surface area contributed by atoms with Gasteiger partial charge in [0, 0.05) is 34.3 Å². The van der Waals surface area contributed by atoms with E-state index in [0.29, 0.717) is 30.5 Å². The Hall–Kier alpha value is -0.910. The highest BCUT2D eigenvalue weighted by atomic mass is 127. The van der Waals surface area contributed by atoms with E-state index in [0.717, 1.165) is 12.8 Å². The molecule has 182 valence electrons. The molecule has 1 spiro atoms. The van der Waals surface area contributed by atoms with Gasteiger partial charge in [0.05, 0.1) is 23.1 Å². The lowest BCUT2D eigenvalue weighted by atomic mass is 9.68. The lowest BCUT2D eigenvalue weighted by Gasteiger charge is -2.43. The summed E-state index contributed by atoms with van der Waals surface area (Å²) in [5, 5.41) is 0. The van der Waals surface area contributed by atoms with Gasteiger partial charge >= 0.3 is 6.09 Å². The van der Waals surface area contributed by atoms with E-state index in [4.69, 9.17) is 18.9 Å². The van der Waals surface area contributed by atoms with Crippen molar-refractivity contribution in [3.8, 4) is 0 Å². The van der Waals surface area contributed by atoms with Crippen LogP contribution in [0.25, 0.3) is 0 Å². The fourth-order valence-corrected chi connectivity index (χ4v) is 5.49. The van der Waals surface area contributed by atoms with Crippen LogP contribution in [0.3, 0.4) is 0 Å². The van der Waals surface area contributed by atoms with Gasteiger partial charge in [-0.15, -0.1) is 0 Å². The van der Waals surface area contributed by atoms with Crippen molar-refractivity contribution in [1.29, 1.82) is 0 Å². The van der Waals surface area contributed by atoms with Crippen LogP contribution in [-0.2, 0) is 23.7 Å². The number of rotatable bonds is 9. The summed E-state index contributed by atoms with van der Waals surface area (Å²) < 4.78 is 24.4. The van der Waals surface area contributed by atoms with Gasteiger partial charge in [-0.2, -0.15) is 0 Å². The molecule has 2 aliphatic heterocycles. The Balaban J connectivity index is 1.63. The molecule has 0 aromatic rings. The Morgan fingerprint density at radius 1 is 1.22 bits per heavy atom. The van der Waals surface area contributed by atoms with Crippen molar-refractivity contribution in [2.75, 3.05) is 45.3 Å². The van der Waals surface area contributed by atoms with Crippen molar-refractivity contribution in [3.63, 3.8) is 0 Å². The summed E-state index contributed by atoms with van der Waals surface area (Å²) in [4.78, 5) is 27.7. The van der Waals surface area contributed by atoms with Gasteiger partial charge in [0.1, 0.15) is 23.4 Å². The molecule has 3 aliphatic rings. The third-order valence-electron chi connectivity index (χ3n) is 7.11. The average molecular weight is 564 g/mol. The zero-order valence-corrected chi connectivity index (χ0v) is 22.2. The van der Waals surface area contributed by atoms with Gasteiger partial charge in [-0.25, -0.2) is 4.79 Å². The average Bonchev–Trinajstić information content (AvgIpc) is 3.67. The third kappa shape index (κ3) is 5.42. The molecule has 32 heavy (non-hydrogen) atoms. The fourth-order valence-electron chi connectivity index (χ4n) is 4.91. The molecule has 0 aromatic carbocycles. The molecule has 2 saturated heterocycles. The first-order valence-electron chi connectivity index (χ1n) is 11.3. The largest absolute Gasteiger partial charge is 0.443 e. The Morgan fingerprint density at radius 3 is 2.44 bits per heavy atom. The highest BCUT2D eigenvalue weighted by Crippen LogP contribution is 2.59. The molecule has 0 radical (unpaired) electrons. The number of methoxy groups -OCH3 is 1. The highest BCUT2D eigenvalue weighted by molar-refractivity contribution is 14.1. The molecule has 1 saturated carbocycles. The summed E-state index contributed by atoms with van der Waals surface area (Å²) in [5.41, 5.74) is 0.669. The molecule has 0 bridgehead atoms. The Morgan fingerprint density at radius 2 is 1.88 bits per heavy atom. The minimum Gasteiger partial charge on any atom is -0.443 e. The van der Waals surface area contributed by atoms with E-state index < -0.39 is 6.09 Å². The van der Waals surface area contributed by atoms with Crippen molar-refractivity contribution in [2.45, 2.75) is 69.5 Å². The first-order chi connectivity index (χ1) is 15.1. The minimum atomic E-state index is -0.401. The number of hydrogen-bond acceptors (Lipinski definition) is 6. The van der Waals surface area contributed by atoms with Crippen LogP contribution < -0.4 is 0 Å². The number of hydrogen-bond donors (Lipinski definition) is 0. The summed E-state index contributed by atoms with van der Waals surface area (Å²) in [6, 6.07) is 0. The number of nitrogens with zero attached hydrogens (tertiary/aromatic N) is 2. The van der Waals surface area contributed by atoms with Crippen molar-refractivity contribution >= 4 is 34.6 Å². The van der Waals surface area contributed by atoms with Crippen molar-refractivity contribution < 1.29 is 28.5 Å². The summed E-state index contributed by atoms with van der Waals surface area (Å²) in [6.45, 7) is 7.88. The number of alkyl halides is 1. The number of amides is 2. The summed E-state index contributed by atoms with van der Waals surface area (Å²) in [6.07, 6.45) is 3.62. The molecule has 0 N–H and O–H groups in total. The van der Waals surface area contributed by atoms with Crippen LogP contribution in [0.15, 0.2) is 11.6 Å². The number of epoxide rings is 2.